The summed E-state index contributed by atoms with van der Waals surface area (Å²) in [6.07, 6.45) is 2.29. The van der Waals surface area contributed by atoms with E-state index in [1.807, 2.05) is 12.1 Å². The van der Waals surface area contributed by atoms with Crippen molar-refractivity contribution < 1.29 is 4.74 Å². The second-order valence-electron chi connectivity index (χ2n) is 4.38. The van der Waals surface area contributed by atoms with Gasteiger partial charge in [-0.25, -0.2) is 0 Å². The van der Waals surface area contributed by atoms with Crippen molar-refractivity contribution in [3.8, 4) is 0 Å². The quantitative estimate of drug-likeness (QED) is 0.800. The Morgan fingerprint density at radius 1 is 1.29 bits per heavy atom. The first-order valence-electron chi connectivity index (χ1n) is 6.17. The van der Waals surface area contributed by atoms with Crippen LogP contribution >= 0.6 is 11.6 Å². The maximum atomic E-state index is 5.88. The molecule has 2 unspecified atom stereocenters. The van der Waals surface area contributed by atoms with Gasteiger partial charge in [-0.3, -0.25) is 0 Å². The van der Waals surface area contributed by atoms with Crippen LogP contribution in [0.2, 0.25) is 5.02 Å². The molecule has 0 spiro atoms. The van der Waals surface area contributed by atoms with Crippen molar-refractivity contribution in [2.75, 3.05) is 13.7 Å². The summed E-state index contributed by atoms with van der Waals surface area (Å²) < 4.78 is 5.23. The Balaban J connectivity index is 2.56. The molecule has 0 bridgehead atoms. The van der Waals surface area contributed by atoms with Crippen LogP contribution in [0.4, 0.5) is 0 Å². The molecule has 0 aliphatic heterocycles. The fourth-order valence-corrected chi connectivity index (χ4v) is 2.09. The van der Waals surface area contributed by atoms with E-state index in [1.165, 1.54) is 5.56 Å². The largest absolute Gasteiger partial charge is 0.383 e. The molecule has 1 N–H and O–H groups in total. The Kier molecular flexibility index (Phi) is 6.56. The van der Waals surface area contributed by atoms with E-state index in [0.29, 0.717) is 12.1 Å². The Morgan fingerprint density at radius 2 is 1.94 bits per heavy atom. The summed E-state index contributed by atoms with van der Waals surface area (Å²) in [6.45, 7) is 5.12. The number of methoxy groups -OCH3 is 1. The molecule has 0 amide bonds. The van der Waals surface area contributed by atoms with Crippen LogP contribution in [0.1, 0.15) is 38.3 Å². The molecule has 17 heavy (non-hydrogen) atoms. The average Bonchev–Trinajstić information content (AvgIpc) is 2.30. The van der Waals surface area contributed by atoms with E-state index in [-0.39, 0.29) is 0 Å². The fraction of sp³-hybridized carbons (Fsp3) is 0.571. The lowest BCUT2D eigenvalue weighted by molar-refractivity contribution is 0.157. The minimum Gasteiger partial charge on any atom is -0.383 e. The lowest BCUT2D eigenvalue weighted by atomic mass is 10.1. The zero-order valence-corrected chi connectivity index (χ0v) is 11.6. The highest BCUT2D eigenvalue weighted by Gasteiger charge is 2.12. The Bertz CT molecular complexity index is 307. The highest BCUT2D eigenvalue weighted by atomic mass is 35.5. The van der Waals surface area contributed by atoms with Crippen LogP contribution in [0.3, 0.4) is 0 Å². The molecule has 0 aliphatic carbocycles. The van der Waals surface area contributed by atoms with Crippen LogP contribution in [0.25, 0.3) is 0 Å². The van der Waals surface area contributed by atoms with Crippen LogP contribution in [-0.4, -0.2) is 19.8 Å². The molecule has 1 aromatic rings. The Morgan fingerprint density at radius 3 is 2.47 bits per heavy atom. The van der Waals surface area contributed by atoms with Crippen molar-refractivity contribution in [2.45, 2.75) is 38.8 Å². The highest BCUT2D eigenvalue weighted by Crippen LogP contribution is 2.17. The first-order chi connectivity index (χ1) is 8.17. The van der Waals surface area contributed by atoms with Crippen molar-refractivity contribution in [3.05, 3.63) is 34.9 Å². The first kappa shape index (κ1) is 14.5. The lowest BCUT2D eigenvalue weighted by Gasteiger charge is -2.22. The SMILES string of the molecule is CCCC(COC)NC(C)c1ccc(Cl)cc1. The molecule has 1 rings (SSSR count). The molecule has 3 heteroatoms. The van der Waals surface area contributed by atoms with Gasteiger partial charge in [0.15, 0.2) is 0 Å². The molecular weight excluding hydrogens is 234 g/mol. The maximum Gasteiger partial charge on any atom is 0.0616 e. The van der Waals surface area contributed by atoms with E-state index < -0.39 is 0 Å². The van der Waals surface area contributed by atoms with Crippen LogP contribution in [0.15, 0.2) is 24.3 Å². The van der Waals surface area contributed by atoms with E-state index in [4.69, 9.17) is 16.3 Å². The van der Waals surface area contributed by atoms with Gasteiger partial charge in [-0.1, -0.05) is 37.1 Å². The van der Waals surface area contributed by atoms with Crippen LogP contribution in [0.5, 0.6) is 0 Å². The highest BCUT2D eigenvalue weighted by molar-refractivity contribution is 6.30. The summed E-state index contributed by atoms with van der Waals surface area (Å²) in [5.74, 6) is 0. The van der Waals surface area contributed by atoms with Crippen molar-refractivity contribution in [1.82, 2.24) is 5.32 Å². The summed E-state index contributed by atoms with van der Waals surface area (Å²) in [5, 5.41) is 4.37. The van der Waals surface area contributed by atoms with Gasteiger partial charge in [0, 0.05) is 24.2 Å². The molecule has 0 fully saturated rings. The Hall–Kier alpha value is -0.570. The second kappa shape index (κ2) is 7.70. The standard InChI is InChI=1S/C14H22ClNO/c1-4-5-14(10-17-3)16-11(2)12-6-8-13(15)9-7-12/h6-9,11,14,16H,4-5,10H2,1-3H3. The first-order valence-corrected chi connectivity index (χ1v) is 6.55. The predicted octanol–water partition coefficient (Wildman–Crippen LogP) is 3.81. The van der Waals surface area contributed by atoms with Crippen LogP contribution in [-0.2, 0) is 4.74 Å². The maximum absolute atomic E-state index is 5.88. The smallest absolute Gasteiger partial charge is 0.0616 e. The molecule has 0 saturated carbocycles. The molecule has 2 nitrogen and oxygen atoms in total. The molecule has 1 aromatic carbocycles. The van der Waals surface area contributed by atoms with Gasteiger partial charge < -0.3 is 10.1 Å². The minimum atomic E-state index is 0.318. The summed E-state index contributed by atoms with van der Waals surface area (Å²) in [6, 6.07) is 8.72. The number of halogens is 1. The lowest BCUT2D eigenvalue weighted by Crippen LogP contribution is -2.35. The molecule has 0 heterocycles. The number of hydrogen-bond acceptors (Lipinski definition) is 2. The molecular formula is C14H22ClNO. The van der Waals surface area contributed by atoms with E-state index >= 15 is 0 Å². The van der Waals surface area contributed by atoms with E-state index in [2.05, 4.69) is 31.3 Å². The van der Waals surface area contributed by atoms with Gasteiger partial charge in [0.1, 0.15) is 0 Å². The summed E-state index contributed by atoms with van der Waals surface area (Å²) in [7, 11) is 1.75. The van der Waals surface area contributed by atoms with Gasteiger partial charge in [0.2, 0.25) is 0 Å². The summed E-state index contributed by atoms with van der Waals surface area (Å²) in [5.41, 5.74) is 1.26. The third kappa shape index (κ3) is 5.07. The number of ether oxygens (including phenoxy) is 1. The van der Waals surface area contributed by atoms with Gasteiger partial charge in [-0.15, -0.1) is 0 Å². The second-order valence-corrected chi connectivity index (χ2v) is 4.82. The van der Waals surface area contributed by atoms with Crippen molar-refractivity contribution >= 4 is 11.6 Å². The number of rotatable bonds is 7. The minimum absolute atomic E-state index is 0.318. The Labute approximate surface area is 109 Å². The molecule has 0 aromatic heterocycles. The average molecular weight is 256 g/mol. The van der Waals surface area contributed by atoms with E-state index in [0.717, 1.165) is 24.5 Å². The zero-order chi connectivity index (χ0) is 12.7. The molecule has 2 atom stereocenters. The van der Waals surface area contributed by atoms with Crippen LogP contribution < -0.4 is 5.32 Å². The molecule has 0 radical (unpaired) electrons. The molecule has 0 saturated heterocycles. The van der Waals surface area contributed by atoms with Crippen molar-refractivity contribution in [1.29, 1.82) is 0 Å². The summed E-state index contributed by atoms with van der Waals surface area (Å²) >= 11 is 5.88. The number of benzene rings is 1. The third-order valence-electron chi connectivity index (χ3n) is 2.86. The topological polar surface area (TPSA) is 21.3 Å². The van der Waals surface area contributed by atoms with Gasteiger partial charge >= 0.3 is 0 Å². The van der Waals surface area contributed by atoms with Crippen molar-refractivity contribution in [2.24, 2.45) is 0 Å². The zero-order valence-electron chi connectivity index (χ0n) is 10.9. The monoisotopic (exact) mass is 255 g/mol. The predicted molar refractivity (Wildman–Crippen MR) is 73.6 cm³/mol. The van der Waals surface area contributed by atoms with E-state index in [9.17, 15) is 0 Å². The molecule has 96 valence electrons. The summed E-state index contributed by atoms with van der Waals surface area (Å²) in [4.78, 5) is 0. The number of nitrogens with one attached hydrogen (secondary N) is 1. The third-order valence-corrected chi connectivity index (χ3v) is 3.11. The van der Waals surface area contributed by atoms with Gasteiger partial charge in [-0.05, 0) is 31.0 Å². The van der Waals surface area contributed by atoms with Crippen molar-refractivity contribution in [3.63, 3.8) is 0 Å². The fourth-order valence-electron chi connectivity index (χ4n) is 1.97. The number of hydrogen-bond donors (Lipinski definition) is 1. The van der Waals surface area contributed by atoms with Gasteiger partial charge in [0.25, 0.3) is 0 Å². The van der Waals surface area contributed by atoms with Gasteiger partial charge in [-0.2, -0.15) is 0 Å². The van der Waals surface area contributed by atoms with Crippen LogP contribution in [0, 0.1) is 0 Å². The van der Waals surface area contributed by atoms with E-state index in [1.54, 1.807) is 7.11 Å². The normalized spacial score (nSPS) is 14.6. The molecule has 0 aliphatic rings. The van der Waals surface area contributed by atoms with Gasteiger partial charge in [0.05, 0.1) is 6.61 Å².